The van der Waals surface area contributed by atoms with E-state index in [4.69, 9.17) is 5.11 Å². The molecule has 4 heteroatoms. The predicted octanol–water partition coefficient (Wildman–Crippen LogP) is 1.94. The van der Waals surface area contributed by atoms with E-state index in [1.807, 2.05) is 18.2 Å². The molecule has 2 aromatic rings. The first-order valence-corrected chi connectivity index (χ1v) is 4.97. The van der Waals surface area contributed by atoms with Gasteiger partial charge < -0.3 is 9.67 Å². The Labute approximate surface area is 93.2 Å². The molecule has 1 N–H and O–H groups in total. The van der Waals surface area contributed by atoms with E-state index >= 15 is 0 Å². The number of hydrogen-bond acceptors (Lipinski definition) is 2. The van der Waals surface area contributed by atoms with Crippen molar-refractivity contribution in [2.45, 2.75) is 13.5 Å². The molecule has 0 aromatic carbocycles. The van der Waals surface area contributed by atoms with Crippen LogP contribution in [0, 0.1) is 6.92 Å². The quantitative estimate of drug-likeness (QED) is 0.853. The highest BCUT2D eigenvalue weighted by molar-refractivity contribution is 5.87. The van der Waals surface area contributed by atoms with Gasteiger partial charge in [-0.25, -0.2) is 4.79 Å². The lowest BCUT2D eigenvalue weighted by Gasteiger charge is -2.06. The Bertz CT molecular complexity index is 503. The topological polar surface area (TPSA) is 55.1 Å². The highest BCUT2D eigenvalue weighted by Crippen LogP contribution is 2.11. The van der Waals surface area contributed by atoms with Gasteiger partial charge in [0.1, 0.15) is 5.69 Å². The third-order valence-electron chi connectivity index (χ3n) is 2.43. The van der Waals surface area contributed by atoms with Gasteiger partial charge in [0.05, 0.1) is 12.2 Å². The summed E-state index contributed by atoms with van der Waals surface area (Å²) in [5, 5.41) is 9.07. The SMILES string of the molecule is Cc1ccn(Cc2ccccn2)c1C(=O)O. The van der Waals surface area contributed by atoms with Crippen LogP contribution in [0.3, 0.4) is 0 Å². The number of aryl methyl sites for hydroxylation is 1. The maximum Gasteiger partial charge on any atom is 0.352 e. The Morgan fingerprint density at radius 2 is 2.25 bits per heavy atom. The van der Waals surface area contributed by atoms with Crippen LogP contribution in [0.4, 0.5) is 0 Å². The van der Waals surface area contributed by atoms with Crippen LogP contribution in [0.15, 0.2) is 36.7 Å². The summed E-state index contributed by atoms with van der Waals surface area (Å²) in [7, 11) is 0. The van der Waals surface area contributed by atoms with Crippen molar-refractivity contribution in [3.8, 4) is 0 Å². The van der Waals surface area contributed by atoms with Gasteiger partial charge in [-0.05, 0) is 30.7 Å². The van der Waals surface area contributed by atoms with Crippen LogP contribution in [-0.4, -0.2) is 20.6 Å². The van der Waals surface area contributed by atoms with Crippen molar-refractivity contribution >= 4 is 5.97 Å². The lowest BCUT2D eigenvalue weighted by atomic mass is 10.2. The highest BCUT2D eigenvalue weighted by atomic mass is 16.4. The molecule has 2 heterocycles. The molecular formula is C12H12N2O2. The van der Waals surface area contributed by atoms with Crippen LogP contribution >= 0.6 is 0 Å². The normalized spacial score (nSPS) is 10.3. The molecule has 0 unspecified atom stereocenters. The highest BCUT2D eigenvalue weighted by Gasteiger charge is 2.13. The fourth-order valence-electron chi connectivity index (χ4n) is 1.67. The molecule has 0 bridgehead atoms. The van der Waals surface area contributed by atoms with Crippen molar-refractivity contribution in [3.05, 3.63) is 53.6 Å². The molecule has 0 amide bonds. The third-order valence-corrected chi connectivity index (χ3v) is 2.43. The molecule has 2 rings (SSSR count). The maximum absolute atomic E-state index is 11.1. The van der Waals surface area contributed by atoms with Crippen LogP contribution < -0.4 is 0 Å². The molecule has 0 saturated heterocycles. The summed E-state index contributed by atoms with van der Waals surface area (Å²) in [6.07, 6.45) is 3.47. The molecule has 0 radical (unpaired) electrons. The van der Waals surface area contributed by atoms with E-state index < -0.39 is 5.97 Å². The number of nitrogens with zero attached hydrogens (tertiary/aromatic N) is 2. The molecule has 4 nitrogen and oxygen atoms in total. The van der Waals surface area contributed by atoms with Gasteiger partial charge in [-0.2, -0.15) is 0 Å². The minimum Gasteiger partial charge on any atom is -0.477 e. The van der Waals surface area contributed by atoms with Crippen molar-refractivity contribution in [2.75, 3.05) is 0 Å². The number of rotatable bonds is 3. The number of aromatic carboxylic acids is 1. The summed E-state index contributed by atoms with van der Waals surface area (Å²) >= 11 is 0. The first kappa shape index (κ1) is 10.4. The summed E-state index contributed by atoms with van der Waals surface area (Å²) in [5.74, 6) is -0.904. The second kappa shape index (κ2) is 4.18. The number of aromatic nitrogens is 2. The fraction of sp³-hybridized carbons (Fsp3) is 0.167. The van der Waals surface area contributed by atoms with Gasteiger partial charge in [0.25, 0.3) is 0 Å². The van der Waals surface area contributed by atoms with Crippen molar-refractivity contribution in [1.29, 1.82) is 0 Å². The van der Waals surface area contributed by atoms with E-state index in [2.05, 4.69) is 4.98 Å². The molecule has 0 fully saturated rings. The monoisotopic (exact) mass is 216 g/mol. The Balaban J connectivity index is 2.32. The number of hydrogen-bond donors (Lipinski definition) is 1. The van der Waals surface area contributed by atoms with E-state index in [0.717, 1.165) is 11.3 Å². The van der Waals surface area contributed by atoms with E-state index in [0.29, 0.717) is 12.2 Å². The van der Waals surface area contributed by atoms with Gasteiger partial charge in [0.2, 0.25) is 0 Å². The molecule has 82 valence electrons. The Kier molecular flexibility index (Phi) is 2.72. The lowest BCUT2D eigenvalue weighted by Crippen LogP contribution is -2.10. The van der Waals surface area contributed by atoms with Gasteiger partial charge in [-0.15, -0.1) is 0 Å². The Morgan fingerprint density at radius 1 is 1.44 bits per heavy atom. The predicted molar refractivity (Wildman–Crippen MR) is 59.5 cm³/mol. The van der Waals surface area contributed by atoms with Crippen LogP contribution in [0.1, 0.15) is 21.7 Å². The number of pyridine rings is 1. The van der Waals surface area contributed by atoms with Gasteiger partial charge in [0, 0.05) is 12.4 Å². The smallest absolute Gasteiger partial charge is 0.352 e. The Hall–Kier alpha value is -2.10. The van der Waals surface area contributed by atoms with Crippen molar-refractivity contribution in [1.82, 2.24) is 9.55 Å². The minimum atomic E-state index is -0.904. The first-order chi connectivity index (χ1) is 7.68. The summed E-state index contributed by atoms with van der Waals surface area (Å²) in [4.78, 5) is 15.2. The second-order valence-corrected chi connectivity index (χ2v) is 3.60. The average molecular weight is 216 g/mol. The van der Waals surface area contributed by atoms with Crippen molar-refractivity contribution < 1.29 is 9.90 Å². The van der Waals surface area contributed by atoms with E-state index in [1.54, 1.807) is 30.0 Å². The Morgan fingerprint density at radius 3 is 2.88 bits per heavy atom. The first-order valence-electron chi connectivity index (χ1n) is 4.97. The van der Waals surface area contributed by atoms with Gasteiger partial charge in [-0.3, -0.25) is 4.98 Å². The molecule has 2 aromatic heterocycles. The molecule has 0 atom stereocenters. The molecule has 0 aliphatic heterocycles. The van der Waals surface area contributed by atoms with Crippen LogP contribution in [0.5, 0.6) is 0 Å². The van der Waals surface area contributed by atoms with Crippen molar-refractivity contribution in [3.63, 3.8) is 0 Å². The lowest BCUT2D eigenvalue weighted by molar-refractivity contribution is 0.0685. The second-order valence-electron chi connectivity index (χ2n) is 3.60. The summed E-state index contributed by atoms with van der Waals surface area (Å²) in [5.41, 5.74) is 1.94. The fourth-order valence-corrected chi connectivity index (χ4v) is 1.67. The minimum absolute atomic E-state index is 0.325. The van der Waals surface area contributed by atoms with E-state index in [1.165, 1.54) is 0 Å². The van der Waals surface area contributed by atoms with E-state index in [-0.39, 0.29) is 0 Å². The van der Waals surface area contributed by atoms with Gasteiger partial charge in [0.15, 0.2) is 0 Å². The van der Waals surface area contributed by atoms with E-state index in [9.17, 15) is 4.79 Å². The third kappa shape index (κ3) is 1.95. The standard InChI is InChI=1S/C12H12N2O2/c1-9-5-7-14(11(9)12(15)16)8-10-4-2-3-6-13-10/h2-7H,8H2,1H3,(H,15,16). The van der Waals surface area contributed by atoms with Crippen LogP contribution in [-0.2, 0) is 6.54 Å². The summed E-state index contributed by atoms with van der Waals surface area (Å²) in [6, 6.07) is 7.40. The zero-order valence-corrected chi connectivity index (χ0v) is 8.92. The largest absolute Gasteiger partial charge is 0.477 e. The van der Waals surface area contributed by atoms with Crippen molar-refractivity contribution in [2.24, 2.45) is 0 Å². The summed E-state index contributed by atoms with van der Waals surface area (Å²) in [6.45, 7) is 2.27. The van der Waals surface area contributed by atoms with Crippen LogP contribution in [0.25, 0.3) is 0 Å². The number of carboxylic acid groups (broad SMARTS) is 1. The van der Waals surface area contributed by atoms with Crippen LogP contribution in [0.2, 0.25) is 0 Å². The average Bonchev–Trinajstić information content (AvgIpc) is 2.61. The summed E-state index contributed by atoms with van der Waals surface area (Å²) < 4.78 is 1.69. The molecule has 0 aliphatic carbocycles. The zero-order valence-electron chi connectivity index (χ0n) is 8.92. The van der Waals surface area contributed by atoms with Gasteiger partial charge in [-0.1, -0.05) is 6.07 Å². The number of carbonyl (C=O) groups is 1. The molecular weight excluding hydrogens is 204 g/mol. The maximum atomic E-state index is 11.1. The van der Waals surface area contributed by atoms with Gasteiger partial charge >= 0.3 is 5.97 Å². The molecule has 0 spiro atoms. The molecule has 0 aliphatic rings. The number of carboxylic acids is 1. The zero-order chi connectivity index (χ0) is 11.5. The molecule has 0 saturated carbocycles. The molecule has 16 heavy (non-hydrogen) atoms.